The van der Waals surface area contributed by atoms with Crippen LogP contribution in [0.1, 0.15) is 37.5 Å². The first-order valence-corrected chi connectivity index (χ1v) is 15.2. The summed E-state index contributed by atoms with van der Waals surface area (Å²) >= 11 is 12.9. The lowest BCUT2D eigenvalue weighted by atomic mass is 10.1. The summed E-state index contributed by atoms with van der Waals surface area (Å²) in [6, 6.07) is 17.4. The first kappa shape index (κ1) is 31.5. The van der Waals surface area contributed by atoms with Gasteiger partial charge in [-0.1, -0.05) is 73.4 Å². The maximum atomic E-state index is 14.1. The summed E-state index contributed by atoms with van der Waals surface area (Å²) in [6.45, 7) is 8.98. The zero-order chi connectivity index (χ0) is 29.6. The molecule has 3 aromatic rings. The minimum atomic E-state index is -4.15. The molecular formula is C30H35Cl2N3O4S. The number of carbonyl (C=O) groups excluding carboxylic acids is 2. The van der Waals surface area contributed by atoms with Gasteiger partial charge in [0, 0.05) is 28.7 Å². The van der Waals surface area contributed by atoms with Crippen molar-refractivity contribution in [2.45, 2.75) is 52.1 Å². The second-order valence-electron chi connectivity index (χ2n) is 10.2. The number of carbonyl (C=O) groups is 2. The van der Waals surface area contributed by atoms with Crippen molar-refractivity contribution in [1.29, 1.82) is 0 Å². The molecular weight excluding hydrogens is 569 g/mol. The number of halogens is 2. The Kier molecular flexibility index (Phi) is 10.6. The van der Waals surface area contributed by atoms with Crippen LogP contribution < -0.4 is 9.62 Å². The molecule has 0 aromatic heterocycles. The molecule has 0 bridgehead atoms. The van der Waals surface area contributed by atoms with Gasteiger partial charge < -0.3 is 10.2 Å². The third-order valence-electron chi connectivity index (χ3n) is 6.49. The first-order valence-electron chi connectivity index (χ1n) is 13.0. The highest BCUT2D eigenvalue weighted by atomic mass is 35.5. The Hall–Kier alpha value is -3.07. The van der Waals surface area contributed by atoms with E-state index in [1.807, 2.05) is 32.9 Å². The average Bonchev–Trinajstić information content (AvgIpc) is 2.91. The van der Waals surface area contributed by atoms with Gasteiger partial charge >= 0.3 is 0 Å². The van der Waals surface area contributed by atoms with Crippen molar-refractivity contribution >= 4 is 50.7 Å². The first-order chi connectivity index (χ1) is 18.8. The molecule has 0 saturated carbocycles. The number of rotatable bonds is 11. The molecule has 0 aliphatic carbocycles. The number of hydrogen-bond donors (Lipinski definition) is 1. The van der Waals surface area contributed by atoms with Crippen LogP contribution in [-0.4, -0.2) is 44.3 Å². The second-order valence-corrected chi connectivity index (χ2v) is 12.8. The predicted octanol–water partition coefficient (Wildman–Crippen LogP) is 6.00. The van der Waals surface area contributed by atoms with Crippen LogP contribution in [0.4, 0.5) is 5.69 Å². The number of aryl methyl sites for hydroxylation is 2. The zero-order valence-electron chi connectivity index (χ0n) is 23.3. The van der Waals surface area contributed by atoms with Gasteiger partial charge in [0.2, 0.25) is 11.8 Å². The maximum Gasteiger partial charge on any atom is 0.264 e. The van der Waals surface area contributed by atoms with E-state index >= 15 is 0 Å². The summed E-state index contributed by atoms with van der Waals surface area (Å²) in [4.78, 5) is 28.6. The Morgan fingerprint density at radius 3 is 2.12 bits per heavy atom. The summed E-state index contributed by atoms with van der Waals surface area (Å²) < 4.78 is 29.0. The Morgan fingerprint density at radius 1 is 0.900 bits per heavy atom. The van der Waals surface area contributed by atoms with Gasteiger partial charge in [-0.3, -0.25) is 13.9 Å². The number of nitrogens with zero attached hydrogens (tertiary/aromatic N) is 2. The standard InChI is InChI=1S/C30H35Cl2N3O4S/c1-20(2)17-33-30(37)23(5)34(18-25-26(31)12-9-13-27(25)32)29(36)19-35(28-16-21(3)14-15-22(28)4)40(38,39)24-10-7-6-8-11-24/h6-16,20,23H,17-19H2,1-5H3,(H,33,37)/t23-/m1/s1. The van der Waals surface area contributed by atoms with E-state index < -0.39 is 28.5 Å². The quantitative estimate of drug-likeness (QED) is 0.291. The summed E-state index contributed by atoms with van der Waals surface area (Å²) in [5.41, 5.74) is 2.36. The molecule has 0 unspecified atom stereocenters. The van der Waals surface area contributed by atoms with Crippen molar-refractivity contribution in [2.75, 3.05) is 17.4 Å². The highest BCUT2D eigenvalue weighted by Gasteiger charge is 2.33. The smallest absolute Gasteiger partial charge is 0.264 e. The van der Waals surface area contributed by atoms with Crippen molar-refractivity contribution in [3.8, 4) is 0 Å². The lowest BCUT2D eigenvalue weighted by molar-refractivity contribution is -0.139. The molecule has 3 aromatic carbocycles. The zero-order valence-corrected chi connectivity index (χ0v) is 25.6. The van der Waals surface area contributed by atoms with E-state index in [0.717, 1.165) is 9.87 Å². The van der Waals surface area contributed by atoms with Crippen LogP contribution in [-0.2, 0) is 26.2 Å². The Morgan fingerprint density at radius 2 is 1.52 bits per heavy atom. The molecule has 1 N–H and O–H groups in total. The van der Waals surface area contributed by atoms with Gasteiger partial charge in [0.1, 0.15) is 12.6 Å². The van der Waals surface area contributed by atoms with Crippen molar-refractivity contribution in [1.82, 2.24) is 10.2 Å². The number of benzene rings is 3. The summed E-state index contributed by atoms with van der Waals surface area (Å²) in [5.74, 6) is -0.743. The van der Waals surface area contributed by atoms with E-state index in [1.54, 1.807) is 56.3 Å². The van der Waals surface area contributed by atoms with Crippen LogP contribution in [0.25, 0.3) is 0 Å². The highest BCUT2D eigenvalue weighted by molar-refractivity contribution is 7.92. The predicted molar refractivity (Wildman–Crippen MR) is 161 cm³/mol. The molecule has 0 aliphatic heterocycles. The van der Waals surface area contributed by atoms with Gasteiger partial charge in [-0.2, -0.15) is 0 Å². The molecule has 0 spiro atoms. The van der Waals surface area contributed by atoms with E-state index in [2.05, 4.69) is 5.32 Å². The topological polar surface area (TPSA) is 86.8 Å². The lowest BCUT2D eigenvalue weighted by Gasteiger charge is -2.33. The van der Waals surface area contributed by atoms with Crippen LogP contribution in [0.5, 0.6) is 0 Å². The van der Waals surface area contributed by atoms with Crippen LogP contribution in [0.3, 0.4) is 0 Å². The van der Waals surface area contributed by atoms with Gasteiger partial charge in [-0.25, -0.2) is 8.42 Å². The summed E-state index contributed by atoms with van der Waals surface area (Å²) in [7, 11) is -4.15. The third-order valence-corrected chi connectivity index (χ3v) is 8.97. The molecule has 0 heterocycles. The fourth-order valence-electron chi connectivity index (χ4n) is 4.11. The fourth-order valence-corrected chi connectivity index (χ4v) is 6.12. The third kappa shape index (κ3) is 7.56. The number of amides is 2. The molecule has 40 heavy (non-hydrogen) atoms. The van der Waals surface area contributed by atoms with Crippen LogP contribution in [0.2, 0.25) is 10.0 Å². The minimum absolute atomic E-state index is 0.0483. The van der Waals surface area contributed by atoms with E-state index in [4.69, 9.17) is 23.2 Å². The van der Waals surface area contributed by atoms with Crippen molar-refractivity contribution in [3.63, 3.8) is 0 Å². The molecule has 7 nitrogen and oxygen atoms in total. The van der Waals surface area contributed by atoms with Gasteiger partial charge in [0.05, 0.1) is 10.6 Å². The Balaban J connectivity index is 2.08. The Labute approximate surface area is 247 Å². The highest BCUT2D eigenvalue weighted by Crippen LogP contribution is 2.30. The van der Waals surface area contributed by atoms with E-state index in [0.29, 0.717) is 33.4 Å². The van der Waals surface area contributed by atoms with Crippen LogP contribution >= 0.6 is 23.2 Å². The molecule has 3 rings (SSSR count). The minimum Gasteiger partial charge on any atom is -0.354 e. The molecule has 0 saturated heterocycles. The van der Waals surface area contributed by atoms with E-state index in [9.17, 15) is 18.0 Å². The van der Waals surface area contributed by atoms with Gasteiger partial charge in [-0.05, 0) is 68.1 Å². The van der Waals surface area contributed by atoms with Gasteiger partial charge in [0.25, 0.3) is 10.0 Å². The number of sulfonamides is 1. The Bertz CT molecular complexity index is 1440. The number of nitrogens with one attached hydrogen (secondary N) is 1. The molecule has 0 radical (unpaired) electrons. The average molecular weight is 605 g/mol. The van der Waals surface area contributed by atoms with Gasteiger partial charge in [-0.15, -0.1) is 0 Å². The second kappa shape index (κ2) is 13.5. The molecule has 214 valence electrons. The van der Waals surface area contributed by atoms with Crippen molar-refractivity contribution < 1.29 is 18.0 Å². The van der Waals surface area contributed by atoms with Crippen molar-refractivity contribution in [3.05, 3.63) is 93.5 Å². The van der Waals surface area contributed by atoms with Crippen molar-refractivity contribution in [2.24, 2.45) is 5.92 Å². The molecule has 0 aliphatic rings. The fraction of sp³-hybridized carbons (Fsp3) is 0.333. The van der Waals surface area contributed by atoms with E-state index in [-0.39, 0.29) is 23.3 Å². The lowest BCUT2D eigenvalue weighted by Crippen LogP contribution is -2.51. The SMILES string of the molecule is Cc1ccc(C)c(N(CC(=O)N(Cc2c(Cl)cccc2Cl)[C@H](C)C(=O)NCC(C)C)S(=O)(=O)c2ccccc2)c1. The summed E-state index contributed by atoms with van der Waals surface area (Å²) in [5, 5.41) is 3.53. The molecule has 2 amide bonds. The van der Waals surface area contributed by atoms with Crippen LogP contribution in [0, 0.1) is 19.8 Å². The monoisotopic (exact) mass is 603 g/mol. The molecule has 10 heteroatoms. The largest absolute Gasteiger partial charge is 0.354 e. The van der Waals surface area contributed by atoms with Gasteiger partial charge in [0.15, 0.2) is 0 Å². The maximum absolute atomic E-state index is 14.1. The molecule has 1 atom stereocenters. The number of hydrogen-bond acceptors (Lipinski definition) is 4. The van der Waals surface area contributed by atoms with Crippen LogP contribution in [0.15, 0.2) is 71.6 Å². The molecule has 0 fully saturated rings. The van der Waals surface area contributed by atoms with E-state index in [1.165, 1.54) is 17.0 Å². The number of anilines is 1. The normalized spacial score (nSPS) is 12.2. The summed E-state index contributed by atoms with van der Waals surface area (Å²) in [6.07, 6.45) is 0.